The van der Waals surface area contributed by atoms with Crippen molar-refractivity contribution in [3.05, 3.63) is 4.88 Å². The maximum atomic E-state index is 12.0. The zero-order chi connectivity index (χ0) is 13.2. The van der Waals surface area contributed by atoms with Gasteiger partial charge in [-0.1, -0.05) is 11.3 Å². The molecular weight excluding hydrogens is 252 g/mol. The Morgan fingerprint density at radius 3 is 3.00 bits per heavy atom. The number of carbonyl (C=O) groups excluding carboxylic acids is 1. The number of nitrogens with two attached hydrogens (primary N) is 1. The molecule has 100 valence electrons. The van der Waals surface area contributed by atoms with Crippen molar-refractivity contribution >= 4 is 28.2 Å². The topological polar surface area (TPSA) is 89.3 Å². The molecule has 0 aromatic carbocycles. The molecule has 1 saturated heterocycles. The standard InChI is InChI=1S/C11H18N4O2S/c1-11(4-3-5-17-11)6-14-9(16)7-8(12)15-10(13-2)18-7/h3-6,12H2,1-2H3,(H,13,15)(H,14,16). The normalized spacial score (nSPS) is 23.0. The first-order valence-corrected chi connectivity index (χ1v) is 6.72. The van der Waals surface area contributed by atoms with E-state index in [-0.39, 0.29) is 17.3 Å². The van der Waals surface area contributed by atoms with Crippen molar-refractivity contribution in [3.8, 4) is 0 Å². The highest BCUT2D eigenvalue weighted by Crippen LogP contribution is 2.26. The molecule has 18 heavy (non-hydrogen) atoms. The summed E-state index contributed by atoms with van der Waals surface area (Å²) in [5.41, 5.74) is 5.45. The molecule has 2 rings (SSSR count). The van der Waals surface area contributed by atoms with E-state index in [9.17, 15) is 4.79 Å². The first-order valence-electron chi connectivity index (χ1n) is 5.90. The lowest BCUT2D eigenvalue weighted by Gasteiger charge is -2.23. The Morgan fingerprint density at radius 2 is 2.44 bits per heavy atom. The average Bonchev–Trinajstić information content (AvgIpc) is 2.93. The Hall–Kier alpha value is -1.34. The van der Waals surface area contributed by atoms with Crippen LogP contribution in [0.15, 0.2) is 0 Å². The summed E-state index contributed by atoms with van der Waals surface area (Å²) in [6.07, 6.45) is 2.01. The fourth-order valence-electron chi connectivity index (χ4n) is 1.93. The van der Waals surface area contributed by atoms with Gasteiger partial charge in [-0.05, 0) is 19.8 Å². The predicted molar refractivity (Wildman–Crippen MR) is 72.0 cm³/mol. The highest BCUT2D eigenvalue weighted by atomic mass is 32.1. The van der Waals surface area contributed by atoms with E-state index in [0.717, 1.165) is 19.4 Å². The molecule has 1 unspecified atom stereocenters. The van der Waals surface area contributed by atoms with Crippen LogP contribution in [0.4, 0.5) is 10.9 Å². The molecule has 7 heteroatoms. The fourth-order valence-corrected chi connectivity index (χ4v) is 2.68. The van der Waals surface area contributed by atoms with Crippen LogP contribution < -0.4 is 16.4 Å². The van der Waals surface area contributed by atoms with Gasteiger partial charge in [0.2, 0.25) is 0 Å². The molecule has 0 bridgehead atoms. The Labute approximate surface area is 110 Å². The van der Waals surface area contributed by atoms with E-state index >= 15 is 0 Å². The van der Waals surface area contributed by atoms with E-state index < -0.39 is 0 Å². The van der Waals surface area contributed by atoms with Gasteiger partial charge < -0.3 is 21.1 Å². The van der Waals surface area contributed by atoms with Crippen molar-refractivity contribution in [3.63, 3.8) is 0 Å². The Bertz CT molecular complexity index is 440. The minimum atomic E-state index is -0.249. The van der Waals surface area contributed by atoms with Gasteiger partial charge in [-0.2, -0.15) is 0 Å². The van der Waals surface area contributed by atoms with Gasteiger partial charge in [0.1, 0.15) is 10.7 Å². The lowest BCUT2D eigenvalue weighted by atomic mass is 10.0. The summed E-state index contributed by atoms with van der Waals surface area (Å²) in [6.45, 7) is 3.27. The van der Waals surface area contributed by atoms with Gasteiger partial charge in [0.15, 0.2) is 5.13 Å². The second-order valence-corrected chi connectivity index (χ2v) is 5.57. The quantitative estimate of drug-likeness (QED) is 0.761. The lowest BCUT2D eigenvalue weighted by Crippen LogP contribution is -2.40. The predicted octanol–water partition coefficient (Wildman–Crippen LogP) is 1.07. The Kier molecular flexibility index (Phi) is 3.72. The number of nitrogens with zero attached hydrogens (tertiary/aromatic N) is 1. The summed E-state index contributed by atoms with van der Waals surface area (Å²) in [5.74, 6) is 0.0718. The fraction of sp³-hybridized carbons (Fsp3) is 0.636. The Balaban J connectivity index is 1.96. The molecule has 6 nitrogen and oxygen atoms in total. The number of amides is 1. The molecule has 0 saturated carbocycles. The lowest BCUT2D eigenvalue weighted by molar-refractivity contribution is 0.0206. The molecule has 1 amide bonds. The zero-order valence-corrected chi connectivity index (χ0v) is 11.4. The largest absolute Gasteiger partial charge is 0.382 e. The number of aromatic nitrogens is 1. The van der Waals surface area contributed by atoms with Crippen LogP contribution in [0.3, 0.4) is 0 Å². The summed E-state index contributed by atoms with van der Waals surface area (Å²) in [6, 6.07) is 0. The molecular formula is C11H18N4O2S. The van der Waals surface area contributed by atoms with Crippen LogP contribution in [-0.4, -0.2) is 36.7 Å². The maximum Gasteiger partial charge on any atom is 0.265 e. The number of nitrogens with one attached hydrogen (secondary N) is 2. The SMILES string of the molecule is CNc1nc(N)c(C(=O)NCC2(C)CCCO2)s1. The van der Waals surface area contributed by atoms with Gasteiger partial charge >= 0.3 is 0 Å². The van der Waals surface area contributed by atoms with E-state index in [1.54, 1.807) is 7.05 Å². The minimum absolute atomic E-state index is 0.191. The number of nitrogen functional groups attached to an aromatic ring is 1. The van der Waals surface area contributed by atoms with Crippen molar-refractivity contribution < 1.29 is 9.53 Å². The molecule has 2 heterocycles. The van der Waals surface area contributed by atoms with Crippen molar-refractivity contribution in [2.24, 2.45) is 0 Å². The highest BCUT2D eigenvalue weighted by molar-refractivity contribution is 7.18. The van der Waals surface area contributed by atoms with Crippen LogP contribution >= 0.6 is 11.3 Å². The monoisotopic (exact) mass is 270 g/mol. The zero-order valence-electron chi connectivity index (χ0n) is 10.6. The van der Waals surface area contributed by atoms with Gasteiger partial charge in [0, 0.05) is 20.2 Å². The van der Waals surface area contributed by atoms with Crippen molar-refractivity contribution in [1.29, 1.82) is 0 Å². The number of hydrogen-bond acceptors (Lipinski definition) is 6. The molecule has 4 N–H and O–H groups in total. The van der Waals surface area contributed by atoms with E-state index in [2.05, 4.69) is 15.6 Å². The van der Waals surface area contributed by atoms with Gasteiger partial charge in [-0.25, -0.2) is 4.98 Å². The van der Waals surface area contributed by atoms with Gasteiger partial charge in [0.05, 0.1) is 5.60 Å². The van der Waals surface area contributed by atoms with Crippen LogP contribution in [0, 0.1) is 0 Å². The van der Waals surface area contributed by atoms with Crippen molar-refractivity contribution in [2.45, 2.75) is 25.4 Å². The van der Waals surface area contributed by atoms with Gasteiger partial charge in [-0.3, -0.25) is 4.79 Å². The molecule has 0 aliphatic carbocycles. The highest BCUT2D eigenvalue weighted by Gasteiger charge is 2.30. The third-order valence-corrected chi connectivity index (χ3v) is 4.08. The van der Waals surface area contributed by atoms with Gasteiger partial charge in [0.25, 0.3) is 5.91 Å². The van der Waals surface area contributed by atoms with Gasteiger partial charge in [-0.15, -0.1) is 0 Å². The number of carbonyl (C=O) groups is 1. The molecule has 1 aliphatic heterocycles. The van der Waals surface area contributed by atoms with Crippen LogP contribution in [0.2, 0.25) is 0 Å². The second kappa shape index (κ2) is 5.11. The molecule has 0 radical (unpaired) electrons. The summed E-state index contributed by atoms with van der Waals surface area (Å²) in [7, 11) is 1.74. The minimum Gasteiger partial charge on any atom is -0.382 e. The summed E-state index contributed by atoms with van der Waals surface area (Å²) in [4.78, 5) is 16.5. The van der Waals surface area contributed by atoms with Crippen LogP contribution in [-0.2, 0) is 4.74 Å². The van der Waals surface area contributed by atoms with E-state index in [1.165, 1.54) is 11.3 Å². The second-order valence-electron chi connectivity index (χ2n) is 4.57. The molecule has 0 spiro atoms. The van der Waals surface area contributed by atoms with Crippen molar-refractivity contribution in [2.75, 3.05) is 31.2 Å². The van der Waals surface area contributed by atoms with E-state index in [4.69, 9.17) is 10.5 Å². The average molecular weight is 270 g/mol. The first-order chi connectivity index (χ1) is 8.54. The Morgan fingerprint density at radius 1 is 1.67 bits per heavy atom. The summed E-state index contributed by atoms with van der Waals surface area (Å²) in [5, 5.41) is 6.37. The molecule has 1 fully saturated rings. The first kappa shape index (κ1) is 13.1. The molecule has 1 aliphatic rings. The number of thiazole rings is 1. The number of ether oxygens (including phenoxy) is 1. The van der Waals surface area contributed by atoms with Crippen molar-refractivity contribution in [1.82, 2.24) is 10.3 Å². The number of rotatable bonds is 4. The van der Waals surface area contributed by atoms with E-state index in [0.29, 0.717) is 16.6 Å². The van der Waals surface area contributed by atoms with E-state index in [1.807, 2.05) is 6.92 Å². The van der Waals surface area contributed by atoms with Crippen LogP contribution in [0.1, 0.15) is 29.4 Å². The third kappa shape index (κ3) is 2.73. The smallest absolute Gasteiger partial charge is 0.265 e. The maximum absolute atomic E-state index is 12.0. The third-order valence-electron chi connectivity index (χ3n) is 3.00. The molecule has 1 aromatic rings. The van der Waals surface area contributed by atoms with Crippen LogP contribution in [0.5, 0.6) is 0 Å². The molecule has 1 atom stereocenters. The summed E-state index contributed by atoms with van der Waals surface area (Å²) < 4.78 is 5.61. The summed E-state index contributed by atoms with van der Waals surface area (Å²) >= 11 is 1.25. The van der Waals surface area contributed by atoms with Crippen LogP contribution in [0.25, 0.3) is 0 Å². The number of hydrogen-bond donors (Lipinski definition) is 3. The number of anilines is 2. The molecule has 1 aromatic heterocycles.